The molecule has 1 heterocycles. The molecule has 2 aliphatic rings. The maximum Gasteiger partial charge on any atom is 0.0945 e. The third-order valence-corrected chi connectivity index (χ3v) is 5.77. The first kappa shape index (κ1) is 13.2. The van der Waals surface area contributed by atoms with Crippen LogP contribution in [0.15, 0.2) is 18.7 Å². The number of hydrogen-bond acceptors (Lipinski definition) is 2. The van der Waals surface area contributed by atoms with Gasteiger partial charge in [0.25, 0.3) is 0 Å². The Labute approximate surface area is 116 Å². The lowest BCUT2D eigenvalue weighted by molar-refractivity contribution is 0.109. The van der Waals surface area contributed by atoms with Crippen LogP contribution in [0.2, 0.25) is 0 Å². The number of aromatic nitrogens is 2. The summed E-state index contributed by atoms with van der Waals surface area (Å²) in [6, 6.07) is 0.696. The van der Waals surface area contributed by atoms with Crippen molar-refractivity contribution in [3.63, 3.8) is 0 Å². The molecule has 2 aliphatic carbocycles. The van der Waals surface area contributed by atoms with Crippen molar-refractivity contribution >= 4 is 0 Å². The molecule has 1 aromatic rings. The van der Waals surface area contributed by atoms with Crippen molar-refractivity contribution in [1.29, 1.82) is 0 Å². The van der Waals surface area contributed by atoms with Crippen LogP contribution < -0.4 is 5.32 Å². The summed E-state index contributed by atoms with van der Waals surface area (Å²) in [6.07, 6.45) is 11.3. The zero-order chi connectivity index (χ0) is 13.5. The average Bonchev–Trinajstić information content (AvgIpc) is 3.01. The molecule has 0 aliphatic heterocycles. The fraction of sp³-hybridized carbons (Fsp3) is 0.812. The summed E-state index contributed by atoms with van der Waals surface area (Å²) in [5, 5.41) is 3.87. The lowest BCUT2D eigenvalue weighted by atomic mass is 9.68. The second kappa shape index (κ2) is 4.62. The summed E-state index contributed by atoms with van der Waals surface area (Å²) in [4.78, 5) is 4.09. The van der Waals surface area contributed by atoms with E-state index in [4.69, 9.17) is 0 Å². The fourth-order valence-electron chi connectivity index (χ4n) is 4.74. The van der Waals surface area contributed by atoms with E-state index in [0.29, 0.717) is 16.9 Å². The first-order chi connectivity index (χ1) is 9.02. The Kier molecular flexibility index (Phi) is 3.20. The lowest BCUT2D eigenvalue weighted by Crippen LogP contribution is -2.50. The molecule has 2 bridgehead atoms. The molecule has 3 unspecified atom stereocenters. The summed E-state index contributed by atoms with van der Waals surface area (Å²) in [6.45, 7) is 9.62. The van der Waals surface area contributed by atoms with Crippen molar-refractivity contribution in [2.24, 2.45) is 16.7 Å². The number of fused-ring (bicyclic) bond motifs is 2. The van der Waals surface area contributed by atoms with Crippen LogP contribution in [0.5, 0.6) is 0 Å². The minimum Gasteiger partial charge on any atom is -0.337 e. The molecule has 3 rings (SSSR count). The molecule has 0 saturated heterocycles. The molecule has 0 spiro atoms. The normalized spacial score (nSPS) is 35.9. The van der Waals surface area contributed by atoms with E-state index in [9.17, 15) is 0 Å². The third kappa shape index (κ3) is 2.22. The van der Waals surface area contributed by atoms with Crippen molar-refractivity contribution in [3.8, 4) is 0 Å². The van der Waals surface area contributed by atoms with Crippen LogP contribution >= 0.6 is 0 Å². The van der Waals surface area contributed by atoms with E-state index in [1.807, 2.05) is 18.7 Å². The van der Waals surface area contributed by atoms with Crippen LogP contribution in [0.4, 0.5) is 0 Å². The maximum atomic E-state index is 4.09. The Morgan fingerprint density at radius 2 is 2.21 bits per heavy atom. The van der Waals surface area contributed by atoms with Crippen molar-refractivity contribution in [3.05, 3.63) is 18.7 Å². The van der Waals surface area contributed by atoms with E-state index in [1.54, 1.807) is 0 Å². The highest BCUT2D eigenvalue weighted by Gasteiger charge is 2.58. The minimum absolute atomic E-state index is 0.474. The first-order valence-electron chi connectivity index (χ1n) is 7.71. The van der Waals surface area contributed by atoms with Crippen molar-refractivity contribution in [2.45, 2.75) is 59.0 Å². The minimum atomic E-state index is 0.474. The summed E-state index contributed by atoms with van der Waals surface area (Å²) in [5.74, 6) is 0.934. The molecule has 0 amide bonds. The van der Waals surface area contributed by atoms with E-state index in [2.05, 4.69) is 35.6 Å². The van der Waals surface area contributed by atoms with Gasteiger partial charge in [0.2, 0.25) is 0 Å². The molecule has 19 heavy (non-hydrogen) atoms. The maximum absolute atomic E-state index is 4.09. The molecule has 2 saturated carbocycles. The molecule has 3 nitrogen and oxygen atoms in total. The standard InChI is InChI=1S/C16H27N3/c1-15(2)13-5-6-16(3,11-13)14(15)18-7-4-9-19-10-8-17-12-19/h8,10,12-14,18H,4-7,9,11H2,1-3H3. The molecular formula is C16H27N3. The zero-order valence-electron chi connectivity index (χ0n) is 12.5. The Morgan fingerprint density at radius 1 is 1.37 bits per heavy atom. The Bertz CT molecular complexity index is 418. The molecule has 106 valence electrons. The number of rotatable bonds is 5. The fourth-order valence-corrected chi connectivity index (χ4v) is 4.74. The number of imidazole rings is 1. The molecular weight excluding hydrogens is 234 g/mol. The predicted molar refractivity (Wildman–Crippen MR) is 77.9 cm³/mol. The van der Waals surface area contributed by atoms with Crippen molar-refractivity contribution in [1.82, 2.24) is 14.9 Å². The van der Waals surface area contributed by atoms with Crippen molar-refractivity contribution < 1.29 is 0 Å². The zero-order valence-corrected chi connectivity index (χ0v) is 12.5. The molecule has 3 atom stereocenters. The summed E-state index contributed by atoms with van der Waals surface area (Å²) >= 11 is 0. The number of nitrogens with zero attached hydrogens (tertiary/aromatic N) is 2. The van der Waals surface area contributed by atoms with E-state index < -0.39 is 0 Å². The van der Waals surface area contributed by atoms with Gasteiger partial charge >= 0.3 is 0 Å². The van der Waals surface area contributed by atoms with Gasteiger partial charge in [0.05, 0.1) is 6.33 Å². The van der Waals surface area contributed by atoms with Crippen LogP contribution in [-0.2, 0) is 6.54 Å². The highest BCUT2D eigenvalue weighted by molar-refractivity contribution is 5.11. The van der Waals surface area contributed by atoms with Gasteiger partial charge < -0.3 is 9.88 Å². The summed E-state index contributed by atoms with van der Waals surface area (Å²) < 4.78 is 2.16. The van der Waals surface area contributed by atoms with E-state index in [-0.39, 0.29) is 0 Å². The van der Waals surface area contributed by atoms with Crippen LogP contribution in [0.25, 0.3) is 0 Å². The van der Waals surface area contributed by atoms with Gasteiger partial charge in [-0.15, -0.1) is 0 Å². The van der Waals surface area contributed by atoms with Crippen molar-refractivity contribution in [2.75, 3.05) is 6.54 Å². The van der Waals surface area contributed by atoms with E-state index in [0.717, 1.165) is 19.0 Å². The second-order valence-electron chi connectivity index (χ2n) is 7.46. The molecule has 2 fully saturated rings. The van der Waals surface area contributed by atoms with Gasteiger partial charge in [-0.1, -0.05) is 20.8 Å². The van der Waals surface area contributed by atoms with Gasteiger partial charge in [-0.25, -0.2) is 4.98 Å². The van der Waals surface area contributed by atoms with Crippen LogP contribution in [0.3, 0.4) is 0 Å². The van der Waals surface area contributed by atoms with Crippen LogP contribution in [0, 0.1) is 16.7 Å². The highest BCUT2D eigenvalue weighted by atomic mass is 15.0. The van der Waals surface area contributed by atoms with E-state index >= 15 is 0 Å². The molecule has 0 aromatic carbocycles. The number of aryl methyl sites for hydroxylation is 1. The Morgan fingerprint density at radius 3 is 2.84 bits per heavy atom. The summed E-state index contributed by atoms with van der Waals surface area (Å²) in [5.41, 5.74) is 1.02. The third-order valence-electron chi connectivity index (χ3n) is 5.77. The Hall–Kier alpha value is -0.830. The lowest BCUT2D eigenvalue weighted by Gasteiger charge is -2.43. The smallest absolute Gasteiger partial charge is 0.0945 e. The molecule has 3 heteroatoms. The predicted octanol–water partition coefficient (Wildman–Crippen LogP) is 3.08. The number of hydrogen-bond donors (Lipinski definition) is 1. The topological polar surface area (TPSA) is 29.9 Å². The van der Waals surface area contributed by atoms with Gasteiger partial charge in [-0.3, -0.25) is 0 Å². The number of nitrogens with one attached hydrogen (secondary N) is 1. The molecule has 1 N–H and O–H groups in total. The second-order valence-corrected chi connectivity index (χ2v) is 7.46. The van der Waals surface area contributed by atoms with E-state index in [1.165, 1.54) is 25.7 Å². The van der Waals surface area contributed by atoms with Gasteiger partial charge in [0.1, 0.15) is 0 Å². The average molecular weight is 261 g/mol. The van der Waals surface area contributed by atoms with Crippen LogP contribution in [-0.4, -0.2) is 22.1 Å². The Balaban J connectivity index is 1.52. The quantitative estimate of drug-likeness (QED) is 0.826. The largest absolute Gasteiger partial charge is 0.337 e. The first-order valence-corrected chi connectivity index (χ1v) is 7.71. The summed E-state index contributed by atoms with van der Waals surface area (Å²) in [7, 11) is 0. The van der Waals surface area contributed by atoms with Crippen LogP contribution in [0.1, 0.15) is 46.5 Å². The molecule has 1 aromatic heterocycles. The van der Waals surface area contributed by atoms with Gasteiger partial charge in [-0.2, -0.15) is 0 Å². The monoisotopic (exact) mass is 261 g/mol. The highest BCUT2D eigenvalue weighted by Crippen LogP contribution is 2.62. The van der Waals surface area contributed by atoms with Gasteiger partial charge in [0, 0.05) is 25.0 Å². The van der Waals surface area contributed by atoms with Gasteiger partial charge in [-0.05, 0) is 49.0 Å². The van der Waals surface area contributed by atoms with Gasteiger partial charge in [0.15, 0.2) is 0 Å². The SMILES string of the molecule is CC12CCC(C1)C(C)(C)C2NCCCn1ccnc1. The molecule has 0 radical (unpaired) electrons.